The number of imide groups is 2. The van der Waals surface area contributed by atoms with Gasteiger partial charge in [0.25, 0.3) is 11.8 Å². The molecule has 368 valence electrons. The fourth-order valence-electron chi connectivity index (χ4n) is 8.34. The van der Waals surface area contributed by atoms with Crippen LogP contribution in [0.2, 0.25) is 0 Å². The third-order valence-corrected chi connectivity index (χ3v) is 13.1. The number of ether oxygens (including phenoxy) is 6. The van der Waals surface area contributed by atoms with E-state index in [-0.39, 0.29) is 29.1 Å². The first-order chi connectivity index (χ1) is 33.2. The Morgan fingerprint density at radius 1 is 0.826 bits per heavy atom. The Hall–Kier alpha value is -5.86. The second-order valence-electron chi connectivity index (χ2n) is 16.7. The second kappa shape index (κ2) is 23.2. The standard InChI is InChI=1S/C48H53F3N6O11S/c1-47(2)40(41(69-46(47)62)42-54-14-16-56(42)32-9-6-31(29-52)35(28-32)48(49,50)51)30-7-10-33(11-8-30)68-27-26-67-25-24-66-23-22-65-21-20-64-19-18-63-17-15-53-36-5-3-4-34-39(36)45(61)57(44(34)60)37-12-13-38(58)55-43(37)59/h3-11,28,37,42,53-54H,12-27H2,1-2H3,(H,55,58,59). The number of allylic oxidation sites excluding steroid dienone is 1. The Bertz CT molecular complexity index is 2460. The molecule has 0 saturated carbocycles. The van der Waals surface area contributed by atoms with E-state index in [4.69, 9.17) is 28.4 Å². The highest BCUT2D eigenvalue weighted by atomic mass is 32.2. The highest BCUT2D eigenvalue weighted by Crippen LogP contribution is 2.53. The summed E-state index contributed by atoms with van der Waals surface area (Å²) in [5.41, 5.74) is 0.402. The van der Waals surface area contributed by atoms with Gasteiger partial charge in [-0.3, -0.25) is 39.5 Å². The molecule has 3 aromatic carbocycles. The average Bonchev–Trinajstić information content (AvgIpc) is 3.98. The molecule has 3 N–H and O–H groups in total. The minimum Gasteiger partial charge on any atom is -0.491 e. The number of hydrogen-bond donors (Lipinski definition) is 3. The third kappa shape index (κ3) is 12.1. The van der Waals surface area contributed by atoms with Crippen LogP contribution in [0.1, 0.15) is 64.1 Å². The van der Waals surface area contributed by atoms with Crippen molar-refractivity contribution in [1.29, 1.82) is 5.26 Å². The Balaban J connectivity index is 0.721. The van der Waals surface area contributed by atoms with Crippen molar-refractivity contribution in [3.05, 3.63) is 93.4 Å². The molecule has 2 saturated heterocycles. The number of amides is 4. The zero-order chi connectivity index (χ0) is 49.1. The Labute approximate surface area is 400 Å². The van der Waals surface area contributed by atoms with Crippen LogP contribution in [0, 0.1) is 16.7 Å². The summed E-state index contributed by atoms with van der Waals surface area (Å²) in [5, 5.41) is 17.9. The van der Waals surface area contributed by atoms with Crippen LogP contribution in [0.5, 0.6) is 5.75 Å². The van der Waals surface area contributed by atoms with Gasteiger partial charge < -0.3 is 38.6 Å². The van der Waals surface area contributed by atoms with Crippen LogP contribution in [0.3, 0.4) is 0 Å². The Kier molecular flexibility index (Phi) is 17.1. The number of anilines is 2. The fourth-order valence-corrected chi connectivity index (χ4v) is 9.69. The molecule has 2 atom stereocenters. The van der Waals surface area contributed by atoms with Gasteiger partial charge in [0.2, 0.25) is 16.9 Å². The number of alkyl halides is 3. The molecule has 2 unspecified atom stereocenters. The van der Waals surface area contributed by atoms with Crippen molar-refractivity contribution in [3.8, 4) is 11.8 Å². The topological polar surface area (TPSA) is 207 Å². The van der Waals surface area contributed by atoms with Gasteiger partial charge in [0, 0.05) is 42.3 Å². The highest BCUT2D eigenvalue weighted by Gasteiger charge is 2.48. The molecular formula is C48H53F3N6O11S. The molecule has 4 amide bonds. The number of nitriles is 1. The predicted molar refractivity (Wildman–Crippen MR) is 246 cm³/mol. The minimum absolute atomic E-state index is 0.0467. The molecule has 2 fully saturated rings. The van der Waals surface area contributed by atoms with E-state index in [0.717, 1.165) is 33.9 Å². The molecule has 21 heteroatoms. The van der Waals surface area contributed by atoms with Crippen molar-refractivity contribution in [3.63, 3.8) is 0 Å². The third-order valence-electron chi connectivity index (χ3n) is 11.8. The zero-order valence-electron chi connectivity index (χ0n) is 38.1. The Morgan fingerprint density at radius 3 is 2.09 bits per heavy atom. The van der Waals surface area contributed by atoms with Crippen LogP contribution in [0.15, 0.2) is 65.6 Å². The van der Waals surface area contributed by atoms with Crippen molar-refractivity contribution in [2.45, 2.75) is 45.1 Å². The van der Waals surface area contributed by atoms with Gasteiger partial charge in [0.05, 0.1) is 99.8 Å². The number of nitrogens with one attached hydrogen (secondary N) is 3. The molecule has 0 spiro atoms. The van der Waals surface area contributed by atoms with Crippen LogP contribution < -0.4 is 25.6 Å². The van der Waals surface area contributed by atoms with E-state index in [1.54, 1.807) is 35.2 Å². The second-order valence-corrected chi connectivity index (χ2v) is 17.7. The summed E-state index contributed by atoms with van der Waals surface area (Å²) in [4.78, 5) is 66.9. The van der Waals surface area contributed by atoms with E-state index < -0.39 is 58.6 Å². The van der Waals surface area contributed by atoms with E-state index in [1.165, 1.54) is 18.2 Å². The maximum absolute atomic E-state index is 13.8. The van der Waals surface area contributed by atoms with Crippen LogP contribution in [-0.2, 0) is 44.2 Å². The van der Waals surface area contributed by atoms with Crippen molar-refractivity contribution in [2.24, 2.45) is 5.41 Å². The molecule has 0 bridgehead atoms. The number of piperidine rings is 1. The van der Waals surface area contributed by atoms with Crippen LogP contribution in [0.25, 0.3) is 5.57 Å². The van der Waals surface area contributed by atoms with E-state index in [9.17, 15) is 42.4 Å². The lowest BCUT2D eigenvalue weighted by atomic mass is 9.81. The molecule has 17 nitrogen and oxygen atoms in total. The van der Waals surface area contributed by atoms with Crippen molar-refractivity contribution >= 4 is 57.5 Å². The minimum atomic E-state index is -4.70. The van der Waals surface area contributed by atoms with Gasteiger partial charge in [-0.15, -0.1) is 0 Å². The molecule has 7 rings (SSSR count). The van der Waals surface area contributed by atoms with Crippen LogP contribution >= 0.6 is 11.8 Å². The summed E-state index contributed by atoms with van der Waals surface area (Å²) in [6.07, 6.45) is -5.11. The van der Waals surface area contributed by atoms with E-state index in [0.29, 0.717) is 114 Å². The number of rotatable bonds is 24. The molecule has 69 heavy (non-hydrogen) atoms. The number of hydrogen-bond acceptors (Lipinski definition) is 16. The molecule has 0 radical (unpaired) electrons. The summed E-state index contributed by atoms with van der Waals surface area (Å²) in [6, 6.07) is 16.5. The molecule has 0 aliphatic carbocycles. The highest BCUT2D eigenvalue weighted by molar-refractivity contribution is 8.17. The summed E-state index contributed by atoms with van der Waals surface area (Å²) >= 11 is 1.09. The lowest BCUT2D eigenvalue weighted by Gasteiger charge is -2.29. The lowest BCUT2D eigenvalue weighted by molar-refractivity contribution is -0.138. The zero-order valence-corrected chi connectivity index (χ0v) is 38.9. The molecule has 0 aromatic heterocycles. The maximum atomic E-state index is 13.8. The number of thioether (sulfide) groups is 1. The van der Waals surface area contributed by atoms with Crippen molar-refractivity contribution < 1.29 is 65.6 Å². The number of carbonyl (C=O) groups excluding carboxylic acids is 5. The molecule has 3 aromatic rings. The average molecular weight is 979 g/mol. The first kappa shape index (κ1) is 51.0. The number of nitrogens with zero attached hydrogens (tertiary/aromatic N) is 3. The maximum Gasteiger partial charge on any atom is 0.417 e. The summed E-state index contributed by atoms with van der Waals surface area (Å²) in [6.45, 7) is 8.77. The quantitative estimate of drug-likeness (QED) is 0.0798. The number of halogens is 3. The molecule has 4 aliphatic rings. The van der Waals surface area contributed by atoms with Gasteiger partial charge in [-0.25, -0.2) is 0 Å². The number of benzene rings is 3. The SMILES string of the molecule is CC1(C)C(=O)SC(C2NCCN2c2ccc(C#N)c(C(F)(F)F)c2)=C1c1ccc(OCCOCCOCCOCCOCCOCCNc2cccc3c2C(=O)N(C2CCC(=O)NC2=O)C3=O)cc1. The van der Waals surface area contributed by atoms with Gasteiger partial charge in [-0.05, 0) is 73.9 Å². The van der Waals surface area contributed by atoms with E-state index >= 15 is 0 Å². The summed E-state index contributed by atoms with van der Waals surface area (Å²) in [5.74, 6) is -1.64. The first-order valence-corrected chi connectivity index (χ1v) is 23.3. The van der Waals surface area contributed by atoms with Crippen LogP contribution in [0.4, 0.5) is 24.5 Å². The monoisotopic (exact) mass is 978 g/mol. The largest absolute Gasteiger partial charge is 0.491 e. The van der Waals surface area contributed by atoms with E-state index in [1.807, 2.05) is 26.0 Å². The van der Waals surface area contributed by atoms with Crippen molar-refractivity contribution in [1.82, 2.24) is 15.5 Å². The molecule has 4 aliphatic heterocycles. The van der Waals surface area contributed by atoms with E-state index in [2.05, 4.69) is 16.0 Å². The normalized spacial score (nSPS) is 19.1. The van der Waals surface area contributed by atoms with Gasteiger partial charge in [0.15, 0.2) is 0 Å². The van der Waals surface area contributed by atoms with Crippen LogP contribution in [-0.4, -0.2) is 138 Å². The molecular weight excluding hydrogens is 926 g/mol. The number of carbonyl (C=O) groups is 5. The van der Waals surface area contributed by atoms with Gasteiger partial charge in [0.1, 0.15) is 24.6 Å². The predicted octanol–water partition coefficient (Wildman–Crippen LogP) is 5.00. The van der Waals surface area contributed by atoms with Crippen molar-refractivity contribution in [2.75, 3.05) is 103 Å². The summed E-state index contributed by atoms with van der Waals surface area (Å²) in [7, 11) is 0. The number of fused-ring (bicyclic) bond motifs is 1. The van der Waals surface area contributed by atoms with Gasteiger partial charge >= 0.3 is 6.18 Å². The van der Waals surface area contributed by atoms with Gasteiger partial charge in [-0.2, -0.15) is 18.4 Å². The fraction of sp³-hybridized carbons (Fsp3) is 0.458. The summed E-state index contributed by atoms with van der Waals surface area (Å²) < 4.78 is 75.2. The first-order valence-electron chi connectivity index (χ1n) is 22.5. The molecule has 4 heterocycles. The van der Waals surface area contributed by atoms with Gasteiger partial charge in [-0.1, -0.05) is 30.0 Å². The smallest absolute Gasteiger partial charge is 0.417 e. The lowest BCUT2D eigenvalue weighted by Crippen LogP contribution is -2.54. The Morgan fingerprint density at radius 2 is 1.46 bits per heavy atom.